The van der Waals surface area contributed by atoms with Gasteiger partial charge in [0.25, 0.3) is 0 Å². The average molecular weight is 228 g/mol. The van der Waals surface area contributed by atoms with Crippen molar-refractivity contribution in [2.75, 3.05) is 46.4 Å². The van der Waals surface area contributed by atoms with E-state index in [0.29, 0.717) is 6.10 Å². The van der Waals surface area contributed by atoms with E-state index < -0.39 is 0 Å². The number of rotatable bonds is 7. The lowest BCUT2D eigenvalue weighted by Gasteiger charge is -2.34. The zero-order valence-electron chi connectivity index (χ0n) is 11.2. The Labute approximate surface area is 101 Å². The summed E-state index contributed by atoms with van der Waals surface area (Å²) < 4.78 is 5.80. The standard InChI is InChI=1S/C13H28N2O/c1-4-6-7-8-15-9-10-16-13(12-15)11-14(3)5-2/h13H,4-12H2,1-3H3/t13-/m1/s1. The van der Waals surface area contributed by atoms with Crippen LogP contribution in [0.15, 0.2) is 0 Å². The van der Waals surface area contributed by atoms with Gasteiger partial charge in [0.2, 0.25) is 0 Å². The fourth-order valence-corrected chi connectivity index (χ4v) is 2.16. The fourth-order valence-electron chi connectivity index (χ4n) is 2.16. The molecule has 3 nitrogen and oxygen atoms in total. The maximum Gasteiger partial charge on any atom is 0.0829 e. The maximum atomic E-state index is 5.80. The molecule has 1 heterocycles. The van der Waals surface area contributed by atoms with Crippen LogP contribution in [0.1, 0.15) is 33.1 Å². The zero-order valence-corrected chi connectivity index (χ0v) is 11.2. The summed E-state index contributed by atoms with van der Waals surface area (Å²) in [6, 6.07) is 0. The lowest BCUT2D eigenvalue weighted by Crippen LogP contribution is -2.47. The highest BCUT2D eigenvalue weighted by Crippen LogP contribution is 2.08. The number of likely N-dealkylation sites (N-methyl/N-ethyl adjacent to an activating group) is 1. The van der Waals surface area contributed by atoms with Crippen molar-refractivity contribution in [2.45, 2.75) is 39.2 Å². The van der Waals surface area contributed by atoms with Gasteiger partial charge in [-0.05, 0) is 26.6 Å². The summed E-state index contributed by atoms with van der Waals surface area (Å²) in [7, 11) is 2.17. The Kier molecular flexibility index (Phi) is 7.01. The van der Waals surface area contributed by atoms with Crippen LogP contribution in [0.4, 0.5) is 0 Å². The van der Waals surface area contributed by atoms with E-state index in [-0.39, 0.29) is 0 Å². The molecule has 1 saturated heterocycles. The van der Waals surface area contributed by atoms with Crippen LogP contribution in [0.3, 0.4) is 0 Å². The first kappa shape index (κ1) is 13.9. The van der Waals surface area contributed by atoms with E-state index in [0.717, 1.165) is 32.8 Å². The molecule has 0 aromatic carbocycles. The molecule has 1 aliphatic rings. The molecule has 0 aliphatic carbocycles. The number of ether oxygens (including phenoxy) is 1. The molecule has 0 unspecified atom stereocenters. The Morgan fingerprint density at radius 1 is 1.31 bits per heavy atom. The fraction of sp³-hybridized carbons (Fsp3) is 1.00. The lowest BCUT2D eigenvalue weighted by molar-refractivity contribution is -0.0402. The molecule has 1 rings (SSSR count). The SMILES string of the molecule is CCCCCN1CCO[C@H](CN(C)CC)C1. The van der Waals surface area contributed by atoms with E-state index in [1.54, 1.807) is 0 Å². The summed E-state index contributed by atoms with van der Waals surface area (Å²) in [6.45, 7) is 11.0. The predicted molar refractivity (Wildman–Crippen MR) is 68.9 cm³/mol. The van der Waals surface area contributed by atoms with Gasteiger partial charge in [0, 0.05) is 19.6 Å². The van der Waals surface area contributed by atoms with Crippen LogP contribution in [0.2, 0.25) is 0 Å². The largest absolute Gasteiger partial charge is 0.374 e. The molecule has 0 amide bonds. The molecular formula is C13H28N2O. The third-order valence-corrected chi connectivity index (χ3v) is 3.36. The summed E-state index contributed by atoms with van der Waals surface area (Å²) >= 11 is 0. The first-order valence-electron chi connectivity index (χ1n) is 6.78. The number of unbranched alkanes of at least 4 members (excludes halogenated alkanes) is 2. The van der Waals surface area contributed by atoms with Gasteiger partial charge in [0.1, 0.15) is 0 Å². The molecule has 0 aromatic rings. The van der Waals surface area contributed by atoms with E-state index in [1.807, 2.05) is 0 Å². The second kappa shape index (κ2) is 8.04. The van der Waals surface area contributed by atoms with E-state index in [2.05, 4.69) is 30.7 Å². The second-order valence-electron chi connectivity index (χ2n) is 4.86. The Morgan fingerprint density at radius 3 is 2.81 bits per heavy atom. The monoisotopic (exact) mass is 228 g/mol. The van der Waals surface area contributed by atoms with Crippen molar-refractivity contribution in [2.24, 2.45) is 0 Å². The molecule has 96 valence electrons. The van der Waals surface area contributed by atoms with Gasteiger partial charge in [-0.15, -0.1) is 0 Å². The van der Waals surface area contributed by atoms with Crippen LogP contribution >= 0.6 is 0 Å². The van der Waals surface area contributed by atoms with Crippen molar-refractivity contribution < 1.29 is 4.74 Å². The molecule has 1 fully saturated rings. The van der Waals surface area contributed by atoms with Crippen molar-refractivity contribution in [3.63, 3.8) is 0 Å². The average Bonchev–Trinajstić information content (AvgIpc) is 2.30. The molecule has 0 saturated carbocycles. The molecule has 16 heavy (non-hydrogen) atoms. The zero-order chi connectivity index (χ0) is 11.8. The molecule has 0 N–H and O–H groups in total. The van der Waals surface area contributed by atoms with Crippen LogP contribution in [0.25, 0.3) is 0 Å². The van der Waals surface area contributed by atoms with Gasteiger partial charge in [-0.2, -0.15) is 0 Å². The Hall–Kier alpha value is -0.120. The Morgan fingerprint density at radius 2 is 2.12 bits per heavy atom. The topological polar surface area (TPSA) is 15.7 Å². The van der Waals surface area contributed by atoms with Gasteiger partial charge in [-0.25, -0.2) is 0 Å². The van der Waals surface area contributed by atoms with Crippen molar-refractivity contribution in [3.05, 3.63) is 0 Å². The second-order valence-corrected chi connectivity index (χ2v) is 4.86. The molecule has 1 atom stereocenters. The molecule has 3 heteroatoms. The molecule has 0 spiro atoms. The Bertz CT molecular complexity index is 175. The van der Waals surface area contributed by atoms with E-state index in [1.165, 1.54) is 25.8 Å². The van der Waals surface area contributed by atoms with Gasteiger partial charge >= 0.3 is 0 Å². The van der Waals surface area contributed by atoms with Gasteiger partial charge in [-0.3, -0.25) is 4.90 Å². The predicted octanol–water partition coefficient (Wildman–Crippen LogP) is 1.83. The van der Waals surface area contributed by atoms with Crippen molar-refractivity contribution in [1.29, 1.82) is 0 Å². The first-order chi connectivity index (χ1) is 7.76. The summed E-state index contributed by atoms with van der Waals surface area (Å²) in [5.74, 6) is 0. The summed E-state index contributed by atoms with van der Waals surface area (Å²) in [4.78, 5) is 4.90. The third kappa shape index (κ3) is 5.28. The lowest BCUT2D eigenvalue weighted by atomic mass is 10.2. The van der Waals surface area contributed by atoms with E-state index >= 15 is 0 Å². The highest BCUT2D eigenvalue weighted by Gasteiger charge is 2.20. The number of hydrogen-bond donors (Lipinski definition) is 0. The normalized spacial score (nSPS) is 22.9. The van der Waals surface area contributed by atoms with Gasteiger partial charge in [-0.1, -0.05) is 26.7 Å². The van der Waals surface area contributed by atoms with Crippen LogP contribution in [0.5, 0.6) is 0 Å². The number of hydrogen-bond acceptors (Lipinski definition) is 3. The minimum Gasteiger partial charge on any atom is -0.374 e. The van der Waals surface area contributed by atoms with Crippen molar-refractivity contribution in [3.8, 4) is 0 Å². The van der Waals surface area contributed by atoms with Crippen LogP contribution < -0.4 is 0 Å². The Balaban J connectivity index is 2.19. The van der Waals surface area contributed by atoms with Crippen LogP contribution in [-0.4, -0.2) is 62.3 Å². The summed E-state index contributed by atoms with van der Waals surface area (Å²) in [5.41, 5.74) is 0. The summed E-state index contributed by atoms with van der Waals surface area (Å²) in [5, 5.41) is 0. The minimum atomic E-state index is 0.417. The smallest absolute Gasteiger partial charge is 0.0829 e. The third-order valence-electron chi connectivity index (χ3n) is 3.36. The molecule has 0 radical (unpaired) electrons. The van der Waals surface area contributed by atoms with Crippen molar-refractivity contribution in [1.82, 2.24) is 9.80 Å². The number of nitrogens with zero attached hydrogens (tertiary/aromatic N) is 2. The van der Waals surface area contributed by atoms with E-state index in [9.17, 15) is 0 Å². The molecule has 0 bridgehead atoms. The molecule has 0 aromatic heterocycles. The highest BCUT2D eigenvalue weighted by molar-refractivity contribution is 4.73. The van der Waals surface area contributed by atoms with E-state index in [4.69, 9.17) is 4.74 Å². The summed E-state index contributed by atoms with van der Waals surface area (Å²) in [6.07, 6.45) is 4.43. The first-order valence-corrected chi connectivity index (χ1v) is 6.78. The van der Waals surface area contributed by atoms with Crippen LogP contribution in [0, 0.1) is 0 Å². The quantitative estimate of drug-likeness (QED) is 0.618. The molecule has 1 aliphatic heterocycles. The van der Waals surface area contributed by atoms with Gasteiger partial charge < -0.3 is 9.64 Å². The highest BCUT2D eigenvalue weighted by atomic mass is 16.5. The van der Waals surface area contributed by atoms with Crippen LogP contribution in [-0.2, 0) is 4.74 Å². The minimum absolute atomic E-state index is 0.417. The number of morpholine rings is 1. The maximum absolute atomic E-state index is 5.80. The van der Waals surface area contributed by atoms with Gasteiger partial charge in [0.05, 0.1) is 12.7 Å². The van der Waals surface area contributed by atoms with Crippen molar-refractivity contribution >= 4 is 0 Å². The van der Waals surface area contributed by atoms with Gasteiger partial charge in [0.15, 0.2) is 0 Å². The molecular weight excluding hydrogens is 200 g/mol.